The Balaban J connectivity index is 2.15. The van der Waals surface area contributed by atoms with Crippen LogP contribution in [0.5, 0.6) is 5.75 Å². The fourth-order valence-electron chi connectivity index (χ4n) is 2.47. The number of carbonyl (C=O) groups excluding carboxylic acids is 1. The summed E-state index contributed by atoms with van der Waals surface area (Å²) in [7, 11) is 0. The molecule has 128 valence electrons. The molecule has 0 aromatic heterocycles. The van der Waals surface area contributed by atoms with E-state index in [2.05, 4.69) is 35.1 Å². The smallest absolute Gasteiger partial charge is 0.255 e. The average molecular weight is 390 g/mol. The third-order valence-electron chi connectivity index (χ3n) is 3.93. The lowest BCUT2D eigenvalue weighted by atomic mass is 10.1. The van der Waals surface area contributed by atoms with Crippen molar-refractivity contribution in [2.75, 3.05) is 11.9 Å². The minimum Gasteiger partial charge on any atom is -0.492 e. The molecule has 0 saturated carbocycles. The van der Waals surface area contributed by atoms with E-state index in [1.165, 1.54) is 0 Å². The summed E-state index contributed by atoms with van der Waals surface area (Å²) >= 11 is 3.49. The molecule has 0 fully saturated rings. The third kappa shape index (κ3) is 4.60. The van der Waals surface area contributed by atoms with Crippen LogP contribution in [0.1, 0.15) is 48.2 Å². The summed E-state index contributed by atoms with van der Waals surface area (Å²) in [6, 6.07) is 11.5. The van der Waals surface area contributed by atoms with Gasteiger partial charge in [0, 0.05) is 11.3 Å². The van der Waals surface area contributed by atoms with Crippen molar-refractivity contribution in [2.45, 2.75) is 40.0 Å². The van der Waals surface area contributed by atoms with Crippen LogP contribution in [0, 0.1) is 6.92 Å². The first-order chi connectivity index (χ1) is 11.6. The van der Waals surface area contributed by atoms with Crippen LogP contribution in [0.15, 0.2) is 40.9 Å². The van der Waals surface area contributed by atoms with Crippen LogP contribution in [-0.4, -0.2) is 12.5 Å². The van der Waals surface area contributed by atoms with E-state index in [0.717, 1.165) is 46.3 Å². The number of aryl methyl sites for hydroxylation is 2. The number of hydrogen-bond acceptors (Lipinski definition) is 2. The zero-order valence-corrected chi connectivity index (χ0v) is 16.1. The molecule has 0 bridgehead atoms. The second-order valence-corrected chi connectivity index (χ2v) is 6.62. The van der Waals surface area contributed by atoms with Gasteiger partial charge in [0.05, 0.1) is 11.1 Å². The van der Waals surface area contributed by atoms with Crippen LogP contribution in [0.25, 0.3) is 0 Å². The van der Waals surface area contributed by atoms with E-state index in [9.17, 15) is 4.79 Å². The first-order valence-electron chi connectivity index (χ1n) is 8.39. The topological polar surface area (TPSA) is 38.3 Å². The first kappa shape index (κ1) is 18.5. The molecule has 0 spiro atoms. The van der Waals surface area contributed by atoms with Crippen molar-refractivity contribution >= 4 is 27.5 Å². The Morgan fingerprint density at radius 1 is 1.21 bits per heavy atom. The van der Waals surface area contributed by atoms with Gasteiger partial charge in [-0.05, 0) is 65.0 Å². The second-order valence-electron chi connectivity index (χ2n) is 5.76. The summed E-state index contributed by atoms with van der Waals surface area (Å²) in [6.45, 7) is 6.91. The van der Waals surface area contributed by atoms with Gasteiger partial charge in [-0.15, -0.1) is 0 Å². The highest BCUT2D eigenvalue weighted by molar-refractivity contribution is 9.10. The molecule has 4 heteroatoms. The summed E-state index contributed by atoms with van der Waals surface area (Å²) in [4.78, 5) is 12.6. The van der Waals surface area contributed by atoms with Gasteiger partial charge in [0.1, 0.15) is 5.75 Å². The number of nitrogens with one attached hydrogen (secondary N) is 1. The van der Waals surface area contributed by atoms with E-state index >= 15 is 0 Å². The standard InChI is InChI=1S/C20H24BrNO2/c1-4-6-12-24-18-11-10-16(13-17(18)21)20(23)22-19-14(3)8-7-9-15(19)5-2/h7-11,13H,4-6,12H2,1-3H3,(H,22,23). The molecule has 0 aliphatic heterocycles. The number of unbranched alkanes of at least 4 members (excludes halogenated alkanes) is 1. The monoisotopic (exact) mass is 389 g/mol. The molecule has 24 heavy (non-hydrogen) atoms. The van der Waals surface area contributed by atoms with Crippen molar-refractivity contribution in [3.63, 3.8) is 0 Å². The molecule has 0 aliphatic carbocycles. The molecular formula is C20H24BrNO2. The number of rotatable bonds is 7. The van der Waals surface area contributed by atoms with Crippen molar-refractivity contribution in [3.8, 4) is 5.75 Å². The molecule has 3 nitrogen and oxygen atoms in total. The molecule has 0 saturated heterocycles. The summed E-state index contributed by atoms with van der Waals surface area (Å²) in [5.41, 5.74) is 3.72. The molecule has 1 N–H and O–H groups in total. The summed E-state index contributed by atoms with van der Waals surface area (Å²) in [5.74, 6) is 0.657. The summed E-state index contributed by atoms with van der Waals surface area (Å²) < 4.78 is 6.51. The molecule has 0 radical (unpaired) electrons. The van der Waals surface area contributed by atoms with Crippen LogP contribution >= 0.6 is 15.9 Å². The van der Waals surface area contributed by atoms with Crippen LogP contribution in [-0.2, 0) is 6.42 Å². The number of para-hydroxylation sites is 1. The Labute approximate surface area is 152 Å². The van der Waals surface area contributed by atoms with Gasteiger partial charge in [-0.2, -0.15) is 0 Å². The highest BCUT2D eigenvalue weighted by atomic mass is 79.9. The molecule has 0 unspecified atom stereocenters. The number of halogens is 1. The van der Waals surface area contributed by atoms with Crippen molar-refractivity contribution < 1.29 is 9.53 Å². The number of carbonyl (C=O) groups is 1. The van der Waals surface area contributed by atoms with Gasteiger partial charge in [-0.25, -0.2) is 0 Å². The van der Waals surface area contributed by atoms with E-state index in [0.29, 0.717) is 12.2 Å². The maximum Gasteiger partial charge on any atom is 0.255 e. The molecule has 0 aliphatic rings. The minimum absolute atomic E-state index is 0.111. The van der Waals surface area contributed by atoms with Crippen molar-refractivity contribution in [1.82, 2.24) is 0 Å². The zero-order chi connectivity index (χ0) is 17.5. The number of benzene rings is 2. The van der Waals surface area contributed by atoms with Crippen molar-refractivity contribution in [2.24, 2.45) is 0 Å². The zero-order valence-electron chi connectivity index (χ0n) is 14.5. The largest absolute Gasteiger partial charge is 0.492 e. The van der Waals surface area contributed by atoms with E-state index in [1.54, 1.807) is 12.1 Å². The molecular weight excluding hydrogens is 366 g/mol. The Bertz CT molecular complexity index is 713. The van der Waals surface area contributed by atoms with Crippen LogP contribution in [0.3, 0.4) is 0 Å². The highest BCUT2D eigenvalue weighted by Crippen LogP contribution is 2.27. The van der Waals surface area contributed by atoms with E-state index in [-0.39, 0.29) is 5.91 Å². The summed E-state index contributed by atoms with van der Waals surface area (Å²) in [6.07, 6.45) is 2.99. The van der Waals surface area contributed by atoms with Gasteiger partial charge >= 0.3 is 0 Å². The van der Waals surface area contributed by atoms with Gasteiger partial charge in [0.15, 0.2) is 0 Å². The minimum atomic E-state index is -0.111. The van der Waals surface area contributed by atoms with Gasteiger partial charge in [0.25, 0.3) is 5.91 Å². The predicted molar refractivity (Wildman–Crippen MR) is 103 cm³/mol. The molecule has 2 aromatic rings. The maximum atomic E-state index is 12.6. The van der Waals surface area contributed by atoms with Crippen molar-refractivity contribution in [1.29, 1.82) is 0 Å². The number of ether oxygens (including phenoxy) is 1. The van der Waals surface area contributed by atoms with E-state index in [1.807, 2.05) is 31.2 Å². The lowest BCUT2D eigenvalue weighted by Crippen LogP contribution is -2.14. The highest BCUT2D eigenvalue weighted by Gasteiger charge is 2.12. The van der Waals surface area contributed by atoms with Gasteiger partial charge in [0.2, 0.25) is 0 Å². The fourth-order valence-corrected chi connectivity index (χ4v) is 2.97. The lowest BCUT2D eigenvalue weighted by molar-refractivity contribution is 0.102. The maximum absolute atomic E-state index is 12.6. The quantitative estimate of drug-likeness (QED) is 0.612. The van der Waals surface area contributed by atoms with Gasteiger partial charge in [-0.1, -0.05) is 38.5 Å². The van der Waals surface area contributed by atoms with Gasteiger partial charge in [-0.3, -0.25) is 4.79 Å². The Kier molecular flexibility index (Phi) is 6.85. The van der Waals surface area contributed by atoms with E-state index < -0.39 is 0 Å². The first-order valence-corrected chi connectivity index (χ1v) is 9.18. The SMILES string of the molecule is CCCCOc1ccc(C(=O)Nc2c(C)cccc2CC)cc1Br. The van der Waals surface area contributed by atoms with E-state index in [4.69, 9.17) is 4.74 Å². The molecule has 2 aromatic carbocycles. The Hall–Kier alpha value is -1.81. The average Bonchev–Trinajstić information content (AvgIpc) is 2.58. The predicted octanol–water partition coefficient (Wildman–Crippen LogP) is 5.75. The Morgan fingerprint density at radius 3 is 2.67 bits per heavy atom. The molecule has 0 heterocycles. The van der Waals surface area contributed by atoms with Crippen molar-refractivity contribution in [3.05, 3.63) is 57.6 Å². The second kappa shape index (κ2) is 8.88. The fraction of sp³-hybridized carbons (Fsp3) is 0.350. The number of hydrogen-bond donors (Lipinski definition) is 1. The van der Waals surface area contributed by atoms with Crippen LogP contribution in [0.2, 0.25) is 0 Å². The lowest BCUT2D eigenvalue weighted by Gasteiger charge is -2.14. The Morgan fingerprint density at radius 2 is 2.00 bits per heavy atom. The van der Waals surface area contributed by atoms with Gasteiger partial charge < -0.3 is 10.1 Å². The van der Waals surface area contributed by atoms with Crippen LogP contribution in [0.4, 0.5) is 5.69 Å². The normalized spacial score (nSPS) is 10.5. The third-order valence-corrected chi connectivity index (χ3v) is 4.55. The molecule has 2 rings (SSSR count). The molecule has 1 amide bonds. The summed E-state index contributed by atoms with van der Waals surface area (Å²) in [5, 5.41) is 3.04. The number of anilines is 1. The molecule has 0 atom stereocenters. The van der Waals surface area contributed by atoms with Crippen LogP contribution < -0.4 is 10.1 Å². The number of amides is 1.